The maximum atomic E-state index is 12.1. The first-order valence-electron chi connectivity index (χ1n) is 4.96. The van der Waals surface area contributed by atoms with Gasteiger partial charge in [0.15, 0.2) is 0 Å². The zero-order valence-electron chi connectivity index (χ0n) is 9.56. The van der Waals surface area contributed by atoms with Gasteiger partial charge in [-0.05, 0) is 56.7 Å². The van der Waals surface area contributed by atoms with E-state index < -0.39 is 10.0 Å². The van der Waals surface area contributed by atoms with Crippen molar-refractivity contribution in [1.29, 1.82) is 0 Å². The van der Waals surface area contributed by atoms with E-state index in [1.54, 1.807) is 25.2 Å². The van der Waals surface area contributed by atoms with Crippen LogP contribution in [-0.2, 0) is 17.1 Å². The zero-order valence-corrected chi connectivity index (χ0v) is 14.9. The summed E-state index contributed by atoms with van der Waals surface area (Å²) >= 11 is 11.3. The van der Waals surface area contributed by atoms with Crippen LogP contribution in [0.25, 0.3) is 0 Å². The first kappa shape index (κ1) is 15.1. The number of nitrogens with zero attached hydrogens (tertiary/aromatic N) is 2. The quantitative estimate of drug-likeness (QED) is 0.692. The number of nitrogens with one attached hydrogen (secondary N) is 1. The molecule has 9 heteroatoms. The zero-order chi connectivity index (χ0) is 14.2. The smallest absolute Gasteiger partial charge is 0.282 e. The number of sulfonamides is 1. The number of aromatic nitrogens is 2. The Morgan fingerprint density at radius 1 is 1.47 bits per heavy atom. The summed E-state index contributed by atoms with van der Waals surface area (Å²) in [7, 11) is -2.16. The molecule has 2 aromatic rings. The van der Waals surface area contributed by atoms with Gasteiger partial charge in [0.2, 0.25) is 5.03 Å². The lowest BCUT2D eigenvalue weighted by Gasteiger charge is -2.07. The lowest BCUT2D eigenvalue weighted by molar-refractivity contribution is 0.598. The van der Waals surface area contributed by atoms with Crippen molar-refractivity contribution in [2.45, 2.75) is 5.03 Å². The minimum atomic E-state index is -3.79. The molecule has 0 saturated carbocycles. The molecule has 0 spiro atoms. The highest BCUT2D eigenvalue weighted by Gasteiger charge is 2.22. The third kappa shape index (κ3) is 3.23. The number of hydrogen-bond acceptors (Lipinski definition) is 3. The summed E-state index contributed by atoms with van der Waals surface area (Å²) < 4.78 is 30.0. The Morgan fingerprint density at radius 2 is 2.16 bits per heavy atom. The van der Waals surface area contributed by atoms with Crippen LogP contribution in [0.15, 0.2) is 34.0 Å². The summed E-state index contributed by atoms with van der Waals surface area (Å²) in [4.78, 5) is 3.79. The summed E-state index contributed by atoms with van der Waals surface area (Å²) in [6.45, 7) is 0. The summed E-state index contributed by atoms with van der Waals surface area (Å²) in [6, 6.07) is 5.12. The van der Waals surface area contributed by atoms with Gasteiger partial charge in [0.25, 0.3) is 10.0 Å². The molecule has 0 bridgehead atoms. The highest BCUT2D eigenvalue weighted by atomic mass is 127. The molecular weight excluding hydrogens is 468 g/mol. The van der Waals surface area contributed by atoms with Gasteiger partial charge >= 0.3 is 0 Å². The molecule has 0 radical (unpaired) electrons. The van der Waals surface area contributed by atoms with Crippen LogP contribution in [0.3, 0.4) is 0 Å². The van der Waals surface area contributed by atoms with Crippen LogP contribution in [-0.4, -0.2) is 18.0 Å². The SMILES string of the molecule is Cn1cnc(S(=O)(=O)Nc2ccc(Br)c(I)c2)c1Cl. The second-order valence-electron chi connectivity index (χ2n) is 3.69. The van der Waals surface area contributed by atoms with Gasteiger partial charge < -0.3 is 4.57 Å². The molecular formula is C10H8BrClIN3O2S. The topological polar surface area (TPSA) is 64.0 Å². The van der Waals surface area contributed by atoms with Crippen molar-refractivity contribution >= 4 is 65.8 Å². The number of hydrogen-bond donors (Lipinski definition) is 1. The molecule has 1 aromatic heterocycles. The van der Waals surface area contributed by atoms with Gasteiger partial charge in [-0.15, -0.1) is 0 Å². The fraction of sp³-hybridized carbons (Fsp3) is 0.100. The summed E-state index contributed by atoms with van der Waals surface area (Å²) in [5, 5.41) is -0.117. The monoisotopic (exact) mass is 475 g/mol. The second kappa shape index (κ2) is 5.58. The Morgan fingerprint density at radius 3 is 2.68 bits per heavy atom. The van der Waals surface area contributed by atoms with Crippen LogP contribution in [0.4, 0.5) is 5.69 Å². The van der Waals surface area contributed by atoms with Gasteiger partial charge in [0.1, 0.15) is 5.15 Å². The van der Waals surface area contributed by atoms with Crippen molar-refractivity contribution in [2.75, 3.05) is 4.72 Å². The standard InChI is InChI=1S/C10H8BrClIN3O2S/c1-16-5-14-10(9(16)12)19(17,18)15-6-2-3-7(11)8(13)4-6/h2-5,15H,1H3. The van der Waals surface area contributed by atoms with E-state index in [0.29, 0.717) is 5.69 Å². The van der Waals surface area contributed by atoms with Crippen molar-refractivity contribution in [3.05, 3.63) is 37.7 Å². The molecule has 0 fully saturated rings. The van der Waals surface area contributed by atoms with Crippen LogP contribution in [0, 0.1) is 3.57 Å². The molecule has 2 rings (SSSR count). The van der Waals surface area contributed by atoms with Gasteiger partial charge in [-0.3, -0.25) is 4.72 Å². The van der Waals surface area contributed by atoms with Gasteiger partial charge in [-0.1, -0.05) is 11.6 Å². The third-order valence-corrected chi connectivity index (χ3v) is 6.46. The molecule has 0 amide bonds. The van der Waals surface area contributed by atoms with E-state index in [9.17, 15) is 8.42 Å². The highest BCUT2D eigenvalue weighted by Crippen LogP contribution is 2.25. The van der Waals surface area contributed by atoms with E-state index >= 15 is 0 Å². The number of anilines is 1. The molecule has 0 aliphatic carbocycles. The minimum absolute atomic E-state index is 0.0688. The summed E-state index contributed by atoms with van der Waals surface area (Å²) in [5.74, 6) is 0. The van der Waals surface area contributed by atoms with Crippen molar-refractivity contribution in [2.24, 2.45) is 7.05 Å². The molecule has 102 valence electrons. The number of benzene rings is 1. The van der Waals surface area contributed by atoms with Crippen molar-refractivity contribution in [1.82, 2.24) is 9.55 Å². The first-order chi connectivity index (χ1) is 8.81. The van der Waals surface area contributed by atoms with Gasteiger partial charge in [-0.25, -0.2) is 4.98 Å². The lowest BCUT2D eigenvalue weighted by atomic mass is 10.3. The Kier molecular flexibility index (Phi) is 4.43. The average molecular weight is 477 g/mol. The van der Waals surface area contributed by atoms with Gasteiger partial charge in [0, 0.05) is 20.8 Å². The Balaban J connectivity index is 2.36. The van der Waals surface area contributed by atoms with E-state index in [-0.39, 0.29) is 10.2 Å². The molecule has 1 aromatic carbocycles. The average Bonchev–Trinajstić information content (AvgIpc) is 2.65. The fourth-order valence-corrected chi connectivity index (χ4v) is 3.58. The molecule has 0 aliphatic heterocycles. The Bertz CT molecular complexity index is 732. The van der Waals surface area contributed by atoms with Gasteiger partial charge in [0.05, 0.1) is 6.33 Å². The number of imidazole rings is 1. The van der Waals surface area contributed by atoms with Crippen LogP contribution >= 0.6 is 50.1 Å². The van der Waals surface area contributed by atoms with Crippen LogP contribution in [0.2, 0.25) is 5.15 Å². The molecule has 0 unspecified atom stereocenters. The van der Waals surface area contributed by atoms with E-state index in [1.165, 1.54) is 10.9 Å². The molecule has 5 nitrogen and oxygen atoms in total. The molecule has 0 saturated heterocycles. The van der Waals surface area contributed by atoms with Crippen LogP contribution in [0.1, 0.15) is 0 Å². The van der Waals surface area contributed by atoms with E-state index in [2.05, 4.69) is 48.2 Å². The molecule has 0 atom stereocenters. The van der Waals surface area contributed by atoms with E-state index in [4.69, 9.17) is 11.6 Å². The maximum Gasteiger partial charge on any atom is 0.282 e. The normalized spacial score (nSPS) is 11.6. The van der Waals surface area contributed by atoms with Crippen molar-refractivity contribution < 1.29 is 8.42 Å². The maximum absolute atomic E-state index is 12.1. The molecule has 1 heterocycles. The minimum Gasteiger partial charge on any atom is -0.324 e. The largest absolute Gasteiger partial charge is 0.324 e. The third-order valence-electron chi connectivity index (χ3n) is 2.26. The van der Waals surface area contributed by atoms with E-state index in [0.717, 1.165) is 8.04 Å². The Labute approximate surface area is 137 Å². The fourth-order valence-electron chi connectivity index (χ4n) is 1.34. The predicted molar refractivity (Wildman–Crippen MR) is 85.9 cm³/mol. The number of rotatable bonds is 3. The number of halogens is 3. The molecule has 1 N–H and O–H groups in total. The van der Waals surface area contributed by atoms with Crippen molar-refractivity contribution in [3.63, 3.8) is 0 Å². The molecule has 19 heavy (non-hydrogen) atoms. The van der Waals surface area contributed by atoms with Crippen LogP contribution in [0.5, 0.6) is 0 Å². The van der Waals surface area contributed by atoms with E-state index in [1.807, 2.05) is 0 Å². The lowest BCUT2D eigenvalue weighted by Crippen LogP contribution is -2.14. The van der Waals surface area contributed by atoms with Crippen molar-refractivity contribution in [3.8, 4) is 0 Å². The van der Waals surface area contributed by atoms with Crippen LogP contribution < -0.4 is 4.72 Å². The van der Waals surface area contributed by atoms with Gasteiger partial charge in [-0.2, -0.15) is 8.42 Å². The first-order valence-corrected chi connectivity index (χ1v) is 8.69. The highest BCUT2D eigenvalue weighted by molar-refractivity contribution is 14.1. The summed E-state index contributed by atoms with van der Waals surface area (Å²) in [6.07, 6.45) is 1.35. The molecule has 0 aliphatic rings. The predicted octanol–water partition coefficient (Wildman–Crippen LogP) is 3.24. The Hall–Kier alpha value is -0.320. The second-order valence-corrected chi connectivity index (χ2v) is 7.66. The summed E-state index contributed by atoms with van der Waals surface area (Å²) in [5.41, 5.74) is 0.453. The number of aryl methyl sites for hydroxylation is 1.